The maximum atomic E-state index is 5.39. The minimum absolute atomic E-state index is 0.692. The first kappa shape index (κ1) is 14.8. The van der Waals surface area contributed by atoms with E-state index in [4.69, 9.17) is 9.47 Å². The average Bonchev–Trinajstić information content (AvgIpc) is 2.56. The first-order valence-electron chi connectivity index (χ1n) is 6.82. The number of methoxy groups -OCH3 is 2. The Kier molecular flexibility index (Phi) is 4.24. The van der Waals surface area contributed by atoms with Crippen molar-refractivity contribution in [1.82, 2.24) is 10.2 Å². The molecule has 0 amide bonds. The van der Waals surface area contributed by atoms with Crippen molar-refractivity contribution >= 4 is 26.7 Å². The molecule has 1 heterocycles. The Balaban J connectivity index is 2.07. The van der Waals surface area contributed by atoms with Crippen LogP contribution in [-0.4, -0.2) is 24.4 Å². The van der Waals surface area contributed by atoms with Gasteiger partial charge in [0.2, 0.25) is 0 Å². The van der Waals surface area contributed by atoms with Crippen LogP contribution in [0.4, 0.5) is 0 Å². The van der Waals surface area contributed by atoms with Gasteiger partial charge in [-0.1, -0.05) is 28.1 Å². The minimum Gasteiger partial charge on any atom is -0.493 e. The number of aromatic nitrogens is 2. The molecule has 0 radical (unpaired) electrons. The second-order valence-corrected chi connectivity index (χ2v) is 5.80. The fourth-order valence-corrected chi connectivity index (χ4v) is 2.66. The summed E-state index contributed by atoms with van der Waals surface area (Å²) in [5, 5.41) is 10.4. The van der Waals surface area contributed by atoms with Crippen LogP contribution < -0.4 is 9.47 Å². The fourth-order valence-electron chi connectivity index (χ4n) is 2.39. The highest BCUT2D eigenvalue weighted by Gasteiger charge is 2.11. The summed E-state index contributed by atoms with van der Waals surface area (Å²) in [5.41, 5.74) is 2.10. The van der Waals surface area contributed by atoms with Crippen LogP contribution in [0.3, 0.4) is 0 Å². The van der Waals surface area contributed by atoms with E-state index in [0.717, 1.165) is 20.9 Å². The Labute approximate surface area is 137 Å². The monoisotopic (exact) mass is 358 g/mol. The van der Waals surface area contributed by atoms with Crippen LogP contribution in [0.1, 0.15) is 11.3 Å². The molecule has 5 heteroatoms. The molecule has 22 heavy (non-hydrogen) atoms. The Bertz CT molecular complexity index is 804. The lowest BCUT2D eigenvalue weighted by Crippen LogP contribution is -1.98. The molecule has 1 aromatic heterocycles. The minimum atomic E-state index is 0.692. The van der Waals surface area contributed by atoms with Gasteiger partial charge in [-0.3, -0.25) is 0 Å². The van der Waals surface area contributed by atoms with Gasteiger partial charge in [0.05, 0.1) is 26.1 Å². The summed E-state index contributed by atoms with van der Waals surface area (Å²) in [4.78, 5) is 0. The number of nitrogens with zero attached hydrogens (tertiary/aromatic N) is 2. The van der Waals surface area contributed by atoms with Crippen LogP contribution >= 0.6 is 15.9 Å². The zero-order valence-corrected chi connectivity index (χ0v) is 13.9. The molecule has 0 aliphatic heterocycles. The second kappa shape index (κ2) is 6.32. The van der Waals surface area contributed by atoms with E-state index in [1.165, 1.54) is 5.56 Å². The third kappa shape index (κ3) is 2.90. The third-order valence-corrected chi connectivity index (χ3v) is 4.06. The molecule has 0 atom stereocenters. The van der Waals surface area contributed by atoms with E-state index < -0.39 is 0 Å². The van der Waals surface area contributed by atoms with Crippen LogP contribution in [0.5, 0.6) is 11.5 Å². The van der Waals surface area contributed by atoms with E-state index >= 15 is 0 Å². The van der Waals surface area contributed by atoms with Crippen molar-refractivity contribution in [3.63, 3.8) is 0 Å². The molecule has 0 fully saturated rings. The molecular formula is C17H15BrN2O2. The standard InChI is InChI=1S/C17H15BrN2O2/c1-21-16-8-12-10-19-20-15(14(12)9-17(16)22-2)7-11-3-5-13(18)6-4-11/h3-6,8-10H,7H2,1-2H3. The molecule has 0 aliphatic carbocycles. The van der Waals surface area contributed by atoms with Crippen molar-refractivity contribution in [2.24, 2.45) is 0 Å². The first-order chi connectivity index (χ1) is 10.7. The van der Waals surface area contributed by atoms with Gasteiger partial charge in [-0.05, 0) is 29.8 Å². The van der Waals surface area contributed by atoms with Crippen LogP contribution in [-0.2, 0) is 6.42 Å². The van der Waals surface area contributed by atoms with Crippen molar-refractivity contribution < 1.29 is 9.47 Å². The number of hydrogen-bond acceptors (Lipinski definition) is 4. The topological polar surface area (TPSA) is 44.2 Å². The van der Waals surface area contributed by atoms with E-state index in [1.807, 2.05) is 24.3 Å². The molecule has 3 aromatic rings. The van der Waals surface area contributed by atoms with Crippen molar-refractivity contribution in [2.75, 3.05) is 14.2 Å². The van der Waals surface area contributed by atoms with Crippen LogP contribution in [0.2, 0.25) is 0 Å². The van der Waals surface area contributed by atoms with Gasteiger partial charge < -0.3 is 9.47 Å². The smallest absolute Gasteiger partial charge is 0.161 e. The van der Waals surface area contributed by atoms with Crippen molar-refractivity contribution in [3.8, 4) is 11.5 Å². The molecule has 0 unspecified atom stereocenters. The summed E-state index contributed by atoms with van der Waals surface area (Å²) in [5.74, 6) is 1.39. The molecule has 4 nitrogen and oxygen atoms in total. The quantitative estimate of drug-likeness (QED) is 0.706. The van der Waals surface area contributed by atoms with Gasteiger partial charge in [0.1, 0.15) is 0 Å². The Morgan fingerprint density at radius 2 is 1.68 bits per heavy atom. The number of fused-ring (bicyclic) bond motifs is 1. The number of benzene rings is 2. The number of rotatable bonds is 4. The summed E-state index contributed by atoms with van der Waals surface area (Å²) >= 11 is 3.45. The summed E-state index contributed by atoms with van der Waals surface area (Å²) < 4.78 is 11.8. The van der Waals surface area contributed by atoms with Crippen molar-refractivity contribution in [3.05, 3.63) is 58.3 Å². The maximum absolute atomic E-state index is 5.39. The fraction of sp³-hybridized carbons (Fsp3) is 0.176. The van der Waals surface area contributed by atoms with Crippen molar-refractivity contribution in [2.45, 2.75) is 6.42 Å². The largest absolute Gasteiger partial charge is 0.493 e. The lowest BCUT2D eigenvalue weighted by atomic mass is 10.0. The summed E-state index contributed by atoms with van der Waals surface area (Å²) in [7, 11) is 3.26. The Morgan fingerprint density at radius 3 is 2.36 bits per heavy atom. The van der Waals surface area contributed by atoms with Crippen molar-refractivity contribution in [1.29, 1.82) is 0 Å². The second-order valence-electron chi connectivity index (χ2n) is 4.89. The molecule has 0 N–H and O–H groups in total. The molecule has 0 saturated carbocycles. The van der Waals surface area contributed by atoms with Gasteiger partial charge in [-0.2, -0.15) is 10.2 Å². The van der Waals surface area contributed by atoms with Gasteiger partial charge >= 0.3 is 0 Å². The van der Waals surface area contributed by atoms with E-state index in [1.54, 1.807) is 20.4 Å². The zero-order chi connectivity index (χ0) is 15.5. The van der Waals surface area contributed by atoms with Gasteiger partial charge in [-0.15, -0.1) is 0 Å². The zero-order valence-electron chi connectivity index (χ0n) is 12.3. The number of hydrogen-bond donors (Lipinski definition) is 0. The summed E-state index contributed by atoms with van der Waals surface area (Å²) in [6, 6.07) is 12.1. The Hall–Kier alpha value is -2.14. The van der Waals surface area contributed by atoms with Gasteiger partial charge in [0.25, 0.3) is 0 Å². The molecule has 0 saturated heterocycles. The number of ether oxygens (including phenoxy) is 2. The third-order valence-electron chi connectivity index (χ3n) is 3.53. The first-order valence-corrected chi connectivity index (χ1v) is 7.61. The molecule has 112 valence electrons. The summed E-state index contributed by atoms with van der Waals surface area (Å²) in [6.45, 7) is 0. The van der Waals surface area contributed by atoms with E-state index in [0.29, 0.717) is 17.9 Å². The maximum Gasteiger partial charge on any atom is 0.161 e. The predicted molar refractivity (Wildman–Crippen MR) is 89.6 cm³/mol. The molecule has 0 aliphatic rings. The highest BCUT2D eigenvalue weighted by atomic mass is 79.9. The van der Waals surface area contributed by atoms with E-state index in [-0.39, 0.29) is 0 Å². The highest BCUT2D eigenvalue weighted by Crippen LogP contribution is 2.33. The normalized spacial score (nSPS) is 10.7. The molecule has 3 rings (SSSR count). The molecule has 0 bridgehead atoms. The summed E-state index contributed by atoms with van der Waals surface area (Å²) in [6.07, 6.45) is 2.45. The lowest BCUT2D eigenvalue weighted by molar-refractivity contribution is 0.356. The van der Waals surface area contributed by atoms with Crippen LogP contribution in [0, 0.1) is 0 Å². The SMILES string of the molecule is COc1cc2cnnc(Cc3ccc(Br)cc3)c2cc1OC. The van der Waals surface area contributed by atoms with E-state index in [2.05, 4.69) is 38.3 Å². The average molecular weight is 359 g/mol. The molecule has 2 aromatic carbocycles. The molecule has 0 spiro atoms. The van der Waals surface area contributed by atoms with Crippen LogP contribution in [0.15, 0.2) is 47.1 Å². The predicted octanol–water partition coefficient (Wildman–Crippen LogP) is 4.00. The lowest BCUT2D eigenvalue weighted by Gasteiger charge is -2.11. The van der Waals surface area contributed by atoms with Crippen LogP contribution in [0.25, 0.3) is 10.8 Å². The molecular weight excluding hydrogens is 344 g/mol. The van der Waals surface area contributed by atoms with Gasteiger partial charge in [0.15, 0.2) is 11.5 Å². The highest BCUT2D eigenvalue weighted by molar-refractivity contribution is 9.10. The Morgan fingerprint density at radius 1 is 1.00 bits per heavy atom. The van der Waals surface area contributed by atoms with Gasteiger partial charge in [-0.25, -0.2) is 0 Å². The van der Waals surface area contributed by atoms with Gasteiger partial charge in [0, 0.05) is 21.7 Å². The van der Waals surface area contributed by atoms with E-state index in [9.17, 15) is 0 Å². The number of halogens is 1.